The van der Waals surface area contributed by atoms with Gasteiger partial charge in [-0.3, -0.25) is 4.79 Å². The molecule has 0 aliphatic rings. The number of nitrogens with one attached hydrogen (secondary N) is 8. The van der Waals surface area contributed by atoms with Gasteiger partial charge in [-0.1, -0.05) is 6.07 Å². The molecule has 0 saturated heterocycles. The SMILES string of the molecule is CN(C)CCNCCOc1ccc(N)c2cc[nH]c12.COC(=O)c1ccc(N)c2c(C)c(C)[nH]c12.Cc1[nH]c2c(C(=O)O)ccc(N)c2c1C.Cc1[nH]c2c(OCCNCCN(C)C)ccc(N)c2c1C.Cc1ccc(N)c2cc(C(N)=O)[nH]c12.Nc1ccc(C(=O)O)c2[nH]ccc12. The number of hydrogen-bond donors (Lipinski definition) is 17. The number of aromatic amines is 6. The summed E-state index contributed by atoms with van der Waals surface area (Å²) in [4.78, 5) is 67.1. The molecule has 26 heteroatoms. The summed E-state index contributed by atoms with van der Waals surface area (Å²) in [5.41, 5.74) is 58.0. The Kier molecular flexibility index (Phi) is 25.2. The molecule has 0 saturated carbocycles. The Morgan fingerprint density at radius 3 is 1.31 bits per heavy atom. The summed E-state index contributed by atoms with van der Waals surface area (Å²) in [5, 5.41) is 29.9. The van der Waals surface area contributed by atoms with Gasteiger partial charge in [0.25, 0.3) is 5.91 Å². The molecule has 0 aliphatic carbocycles. The van der Waals surface area contributed by atoms with Crippen molar-refractivity contribution in [1.82, 2.24) is 50.3 Å². The molecule has 0 atom stereocenters. The number of carboxylic acids is 2. The van der Waals surface area contributed by atoms with Crippen molar-refractivity contribution in [2.45, 2.75) is 48.5 Å². The first-order valence-corrected chi connectivity index (χ1v) is 31.6. The molecule has 520 valence electrons. The highest BCUT2D eigenvalue weighted by Crippen LogP contribution is 2.35. The Labute approximate surface area is 567 Å². The van der Waals surface area contributed by atoms with Gasteiger partial charge in [-0.15, -0.1) is 0 Å². The average Bonchev–Trinajstić information content (AvgIpc) is 1.64. The van der Waals surface area contributed by atoms with E-state index in [1.165, 1.54) is 24.8 Å². The molecule has 0 fully saturated rings. The second-order valence-corrected chi connectivity index (χ2v) is 24.0. The maximum absolute atomic E-state index is 11.6. The number of carbonyl (C=O) groups excluding carboxylic acids is 2. The van der Waals surface area contributed by atoms with Crippen molar-refractivity contribution in [3.8, 4) is 11.5 Å². The molecule has 26 nitrogen and oxygen atoms in total. The normalized spacial score (nSPS) is 11.0. The van der Waals surface area contributed by atoms with Crippen LogP contribution in [0.1, 0.15) is 80.9 Å². The van der Waals surface area contributed by atoms with Crippen molar-refractivity contribution < 1.29 is 43.6 Å². The van der Waals surface area contributed by atoms with Crippen LogP contribution < -0.4 is 60.2 Å². The second-order valence-electron chi connectivity index (χ2n) is 24.0. The minimum absolute atomic E-state index is 0.245. The lowest BCUT2D eigenvalue weighted by Gasteiger charge is -2.12. The molecule has 1 amide bonds. The lowest BCUT2D eigenvalue weighted by Crippen LogP contribution is -2.29. The van der Waals surface area contributed by atoms with Crippen LogP contribution in [0.15, 0.2) is 103 Å². The number of rotatable bonds is 18. The fourth-order valence-electron chi connectivity index (χ4n) is 10.9. The summed E-state index contributed by atoms with van der Waals surface area (Å²) in [7, 11) is 9.63. The van der Waals surface area contributed by atoms with Gasteiger partial charge >= 0.3 is 17.9 Å². The molecule has 0 radical (unpaired) electrons. The van der Waals surface area contributed by atoms with Crippen molar-refractivity contribution in [2.75, 3.05) is 122 Å². The van der Waals surface area contributed by atoms with Crippen molar-refractivity contribution in [1.29, 1.82) is 0 Å². The van der Waals surface area contributed by atoms with E-state index in [-0.39, 0.29) is 17.1 Å². The van der Waals surface area contributed by atoms with E-state index >= 15 is 0 Å². The standard InChI is InChI=1S/C16H26N4O.C14H22N4O.C12H14N2O2.C11H12N2O2.C10H11N3O.C9H8N2O2/c1-11-12(2)19-16-14(6-5-13(17)15(11)16)21-10-8-18-7-9-20(3)4;1-18(2)9-7-16-8-10-19-13-4-3-12(15)11-5-6-17-14(11)13;1-6-7(2)14-11-8(12(15)16-3)4-5-9(13)10(6)11;1-5-6(2)13-10-7(11(14)15)3-4-8(12)9(5)10;1-5-2-3-7(11)6-4-8(10(12)14)13-9(5)6;10-7-2-1-6(9(12)13)8-5(7)3-4-11-8/h5-6,18-19H,7-10,17H2,1-4H3;3-6,16-17H,7-10,15H2,1-2H3;4-5,14H,13H2,1-3H3;3-4,13H,12H2,1-2H3,(H,14,15);2-4,13H,11H2,1H3,(H2,12,14);1-4,11H,10H2,(H,12,13). The number of aromatic carboxylic acids is 2. The summed E-state index contributed by atoms with van der Waals surface area (Å²) in [6.07, 6.45) is 3.55. The minimum Gasteiger partial charge on any atom is -0.490 e. The van der Waals surface area contributed by atoms with E-state index in [0.717, 1.165) is 150 Å². The molecule has 24 N–H and O–H groups in total. The van der Waals surface area contributed by atoms with Gasteiger partial charge in [0.2, 0.25) is 0 Å². The Balaban J connectivity index is 0.000000167. The molecule has 6 aromatic heterocycles. The van der Waals surface area contributed by atoms with Gasteiger partial charge in [0.05, 0.1) is 56.9 Å². The summed E-state index contributed by atoms with van der Waals surface area (Å²) >= 11 is 0. The summed E-state index contributed by atoms with van der Waals surface area (Å²) in [5.74, 6) is -1.01. The molecule has 6 heterocycles. The smallest absolute Gasteiger partial charge is 0.339 e. The topological polar surface area (TPSA) is 444 Å². The number of esters is 1. The number of anilines is 6. The van der Waals surface area contributed by atoms with Gasteiger partial charge in [0.15, 0.2) is 0 Å². The first kappa shape index (κ1) is 74.1. The molecule has 0 unspecified atom stereocenters. The highest BCUT2D eigenvalue weighted by atomic mass is 16.5. The average molecular weight is 1340 g/mol. The first-order chi connectivity index (χ1) is 46.6. The van der Waals surface area contributed by atoms with Crippen molar-refractivity contribution in [3.05, 3.63) is 165 Å². The quantitative estimate of drug-likeness (QED) is 0.0216. The Morgan fingerprint density at radius 2 is 0.837 bits per heavy atom. The third-order valence-electron chi connectivity index (χ3n) is 16.6. The summed E-state index contributed by atoms with van der Waals surface area (Å²) in [6.45, 7) is 20.8. The lowest BCUT2D eigenvalue weighted by atomic mass is 10.1. The third kappa shape index (κ3) is 17.8. The number of aryl methyl sites for hydroxylation is 7. The van der Waals surface area contributed by atoms with Gasteiger partial charge in [0, 0.05) is 135 Å². The highest BCUT2D eigenvalue weighted by molar-refractivity contribution is 6.10. The number of likely N-dealkylation sites (N-methyl/N-ethyl adjacent to an activating group) is 2. The lowest BCUT2D eigenvalue weighted by molar-refractivity contribution is 0.0601. The fraction of sp³-hybridized carbons (Fsp3) is 0.278. The molecular weight excluding hydrogens is 1250 g/mol. The summed E-state index contributed by atoms with van der Waals surface area (Å²) in [6, 6.07) is 26.4. The number of amides is 1. The van der Waals surface area contributed by atoms with Crippen molar-refractivity contribution >= 4 is 123 Å². The number of nitrogen functional groups attached to an aromatic ring is 6. The third-order valence-corrected chi connectivity index (χ3v) is 16.6. The van der Waals surface area contributed by atoms with Gasteiger partial charge < -0.3 is 115 Å². The number of ether oxygens (including phenoxy) is 3. The van der Waals surface area contributed by atoms with Crippen LogP contribution in [-0.2, 0) is 4.74 Å². The number of benzene rings is 6. The van der Waals surface area contributed by atoms with Gasteiger partial charge in [0.1, 0.15) is 30.4 Å². The molecule has 12 aromatic rings. The number of methoxy groups -OCH3 is 1. The molecular formula is C72H93N17O9. The van der Waals surface area contributed by atoms with E-state index < -0.39 is 17.8 Å². The van der Waals surface area contributed by atoms with Gasteiger partial charge in [-0.2, -0.15) is 0 Å². The van der Waals surface area contributed by atoms with Crippen molar-refractivity contribution in [3.63, 3.8) is 0 Å². The van der Waals surface area contributed by atoms with E-state index in [1.807, 2.05) is 83.3 Å². The molecule has 12 rings (SSSR count). The summed E-state index contributed by atoms with van der Waals surface area (Å²) < 4.78 is 16.4. The predicted octanol–water partition coefficient (Wildman–Crippen LogP) is 10.0. The molecule has 0 bridgehead atoms. The van der Waals surface area contributed by atoms with Gasteiger partial charge in [-0.05, 0) is 184 Å². The largest absolute Gasteiger partial charge is 0.490 e. The Bertz CT molecular complexity index is 4740. The number of carboxylic acid groups (broad SMARTS) is 2. The second kappa shape index (κ2) is 33.4. The van der Waals surface area contributed by atoms with Crippen LogP contribution in [-0.4, -0.2) is 162 Å². The number of H-pyrrole nitrogens is 6. The monoisotopic (exact) mass is 1340 g/mol. The molecule has 98 heavy (non-hydrogen) atoms. The van der Waals surface area contributed by atoms with Gasteiger partial charge in [-0.25, -0.2) is 14.4 Å². The molecule has 6 aromatic carbocycles. The van der Waals surface area contributed by atoms with Crippen LogP contribution >= 0.6 is 0 Å². The minimum atomic E-state index is -0.951. The Morgan fingerprint density at radius 1 is 0.449 bits per heavy atom. The van der Waals surface area contributed by atoms with E-state index in [0.29, 0.717) is 58.3 Å². The maximum Gasteiger partial charge on any atom is 0.339 e. The number of hydrogen-bond acceptors (Lipinski definition) is 17. The van der Waals surface area contributed by atoms with E-state index in [9.17, 15) is 19.2 Å². The number of carbonyl (C=O) groups is 4. The van der Waals surface area contributed by atoms with E-state index in [4.69, 9.17) is 64.6 Å². The van der Waals surface area contributed by atoms with Crippen LogP contribution in [0.5, 0.6) is 11.5 Å². The zero-order valence-electron chi connectivity index (χ0n) is 57.7. The van der Waals surface area contributed by atoms with Crippen molar-refractivity contribution in [2.24, 2.45) is 5.73 Å². The zero-order chi connectivity index (χ0) is 71.8. The Hall–Kier alpha value is -11.3. The molecule has 0 spiro atoms. The number of primary amides is 1. The zero-order valence-corrected chi connectivity index (χ0v) is 57.7. The van der Waals surface area contributed by atoms with Crippen LogP contribution in [0.3, 0.4) is 0 Å². The molecule has 0 aliphatic heterocycles. The van der Waals surface area contributed by atoms with E-state index in [1.54, 1.807) is 42.6 Å². The fourth-order valence-corrected chi connectivity index (χ4v) is 10.9. The van der Waals surface area contributed by atoms with Crippen LogP contribution in [0.2, 0.25) is 0 Å². The van der Waals surface area contributed by atoms with Crippen LogP contribution in [0, 0.1) is 48.5 Å². The van der Waals surface area contributed by atoms with E-state index in [2.05, 4.69) is 92.4 Å². The number of fused-ring (bicyclic) bond motifs is 6. The maximum atomic E-state index is 11.6. The number of nitrogens with zero attached hydrogens (tertiary/aromatic N) is 2. The first-order valence-electron chi connectivity index (χ1n) is 31.6. The van der Waals surface area contributed by atoms with Crippen LogP contribution in [0.25, 0.3) is 65.4 Å². The predicted molar refractivity (Wildman–Crippen MR) is 397 cm³/mol. The van der Waals surface area contributed by atoms with Crippen LogP contribution in [0.4, 0.5) is 34.1 Å². The number of aromatic nitrogens is 6. The highest BCUT2D eigenvalue weighted by Gasteiger charge is 2.19. The number of nitrogens with two attached hydrogens (primary N) is 7.